The smallest absolute Gasteiger partial charge is 0.251 e. The summed E-state index contributed by atoms with van der Waals surface area (Å²) in [6.07, 6.45) is 0.925. The number of nitrogens with one attached hydrogen (secondary N) is 1. The van der Waals surface area contributed by atoms with E-state index >= 15 is 0 Å². The molecule has 2 nitrogen and oxygen atoms in total. The molecule has 1 amide bonds. The predicted octanol–water partition coefficient (Wildman–Crippen LogP) is 3.30. The lowest BCUT2D eigenvalue weighted by atomic mass is 10.0. The Morgan fingerprint density at radius 2 is 2.12 bits per heavy atom. The fourth-order valence-corrected chi connectivity index (χ4v) is 2.09. The first kappa shape index (κ1) is 14.0. The molecule has 0 aliphatic heterocycles. The molecule has 0 saturated carbocycles. The summed E-state index contributed by atoms with van der Waals surface area (Å²) in [5, 5.41) is 2.95. The molecule has 0 heterocycles. The lowest BCUT2D eigenvalue weighted by Crippen LogP contribution is -2.29. The molecular weight excluding hydrogens is 234 g/mol. The van der Waals surface area contributed by atoms with Crippen molar-refractivity contribution in [2.75, 3.05) is 12.4 Å². The Morgan fingerprint density at radius 1 is 1.41 bits per heavy atom. The highest BCUT2D eigenvalue weighted by Crippen LogP contribution is 2.10. The summed E-state index contributed by atoms with van der Waals surface area (Å²) in [5.74, 6) is 1.06. The van der Waals surface area contributed by atoms with Gasteiger partial charge in [0.2, 0.25) is 0 Å². The van der Waals surface area contributed by atoms with E-state index in [1.165, 1.54) is 5.56 Å². The number of hydrogen-bond donors (Lipinski definition) is 1. The normalized spacial score (nSPS) is 12.2. The highest BCUT2D eigenvalue weighted by molar-refractivity contribution is 6.17. The maximum Gasteiger partial charge on any atom is 0.251 e. The van der Waals surface area contributed by atoms with Crippen LogP contribution in [-0.4, -0.2) is 18.3 Å². The van der Waals surface area contributed by atoms with Gasteiger partial charge in [-0.2, -0.15) is 0 Å². The van der Waals surface area contributed by atoms with Crippen molar-refractivity contribution in [1.29, 1.82) is 0 Å². The highest BCUT2D eigenvalue weighted by atomic mass is 35.5. The van der Waals surface area contributed by atoms with Gasteiger partial charge in [0.05, 0.1) is 0 Å². The number of rotatable bonds is 5. The third kappa shape index (κ3) is 4.39. The minimum Gasteiger partial charge on any atom is -0.352 e. The molecule has 0 aliphatic carbocycles. The summed E-state index contributed by atoms with van der Waals surface area (Å²) >= 11 is 5.66. The van der Waals surface area contributed by atoms with Gasteiger partial charge in [-0.25, -0.2) is 0 Å². The van der Waals surface area contributed by atoms with Gasteiger partial charge < -0.3 is 5.32 Å². The van der Waals surface area contributed by atoms with Crippen LogP contribution in [0.25, 0.3) is 0 Å². The van der Waals surface area contributed by atoms with E-state index in [0.29, 0.717) is 18.3 Å². The minimum absolute atomic E-state index is 0.00363. The van der Waals surface area contributed by atoms with Crippen LogP contribution in [0.1, 0.15) is 34.8 Å². The van der Waals surface area contributed by atoms with Gasteiger partial charge in [-0.1, -0.05) is 24.6 Å². The Bertz CT molecular complexity index is 390. The first-order valence-electron chi connectivity index (χ1n) is 5.96. The van der Waals surface area contributed by atoms with Gasteiger partial charge >= 0.3 is 0 Å². The van der Waals surface area contributed by atoms with Crippen molar-refractivity contribution >= 4 is 17.5 Å². The summed E-state index contributed by atoms with van der Waals surface area (Å²) in [6, 6.07) is 5.87. The molecule has 0 aromatic heterocycles. The summed E-state index contributed by atoms with van der Waals surface area (Å²) in [6.45, 7) is 6.75. The minimum atomic E-state index is 0.00363. The van der Waals surface area contributed by atoms with Crippen molar-refractivity contribution in [3.05, 3.63) is 34.9 Å². The number of carbonyl (C=O) groups is 1. The highest BCUT2D eigenvalue weighted by Gasteiger charge is 2.09. The Balaban J connectivity index is 2.58. The number of benzene rings is 1. The molecule has 0 bridgehead atoms. The van der Waals surface area contributed by atoms with Crippen molar-refractivity contribution in [3.63, 3.8) is 0 Å². The maximum atomic E-state index is 11.9. The van der Waals surface area contributed by atoms with Crippen molar-refractivity contribution in [1.82, 2.24) is 5.32 Å². The third-order valence-electron chi connectivity index (χ3n) is 2.84. The van der Waals surface area contributed by atoms with Crippen molar-refractivity contribution in [2.45, 2.75) is 27.2 Å². The Hall–Kier alpha value is -1.02. The van der Waals surface area contributed by atoms with E-state index in [-0.39, 0.29) is 5.91 Å². The molecule has 1 unspecified atom stereocenters. The number of halogens is 1. The molecule has 1 atom stereocenters. The Kier molecular flexibility index (Phi) is 5.49. The van der Waals surface area contributed by atoms with Crippen LogP contribution in [0.4, 0.5) is 0 Å². The number of aryl methyl sites for hydroxylation is 2. The molecule has 1 aromatic rings. The van der Waals surface area contributed by atoms with Gasteiger partial charge in [0.15, 0.2) is 0 Å². The van der Waals surface area contributed by atoms with Crippen LogP contribution in [0.5, 0.6) is 0 Å². The third-order valence-corrected chi connectivity index (χ3v) is 3.06. The van der Waals surface area contributed by atoms with Gasteiger partial charge in [0, 0.05) is 18.0 Å². The lowest BCUT2D eigenvalue weighted by Gasteiger charge is -2.12. The van der Waals surface area contributed by atoms with Crippen LogP contribution in [0.2, 0.25) is 0 Å². The average molecular weight is 254 g/mol. The van der Waals surface area contributed by atoms with Gasteiger partial charge in [0.1, 0.15) is 0 Å². The van der Waals surface area contributed by atoms with Crippen molar-refractivity contribution < 1.29 is 4.79 Å². The second-order valence-electron chi connectivity index (χ2n) is 4.61. The molecule has 3 heteroatoms. The van der Waals surface area contributed by atoms with E-state index in [9.17, 15) is 4.79 Å². The molecule has 94 valence electrons. The topological polar surface area (TPSA) is 29.1 Å². The van der Waals surface area contributed by atoms with E-state index in [1.54, 1.807) is 0 Å². The van der Waals surface area contributed by atoms with Gasteiger partial charge in [-0.05, 0) is 37.8 Å². The van der Waals surface area contributed by atoms with Crippen LogP contribution in [-0.2, 0) is 0 Å². The van der Waals surface area contributed by atoms with Gasteiger partial charge in [-0.3, -0.25) is 4.79 Å². The lowest BCUT2D eigenvalue weighted by molar-refractivity contribution is 0.0947. The fraction of sp³-hybridized carbons (Fsp3) is 0.500. The van der Waals surface area contributed by atoms with Crippen LogP contribution >= 0.6 is 11.6 Å². The SMILES string of the molecule is Cc1ccc(C(=O)NCC(C)CCCl)c(C)c1. The summed E-state index contributed by atoms with van der Waals surface area (Å²) in [5.41, 5.74) is 2.95. The number of alkyl halides is 1. The van der Waals surface area contributed by atoms with Gasteiger partial charge in [-0.15, -0.1) is 11.6 Å². The zero-order valence-corrected chi connectivity index (χ0v) is 11.5. The molecule has 0 aliphatic rings. The van der Waals surface area contributed by atoms with Crippen LogP contribution in [0.15, 0.2) is 18.2 Å². The van der Waals surface area contributed by atoms with Crippen LogP contribution in [0, 0.1) is 19.8 Å². The van der Waals surface area contributed by atoms with E-state index < -0.39 is 0 Å². The average Bonchev–Trinajstić information content (AvgIpc) is 2.26. The van der Waals surface area contributed by atoms with E-state index in [2.05, 4.69) is 12.2 Å². The largest absolute Gasteiger partial charge is 0.352 e. The predicted molar refractivity (Wildman–Crippen MR) is 72.8 cm³/mol. The quantitative estimate of drug-likeness (QED) is 0.802. The zero-order chi connectivity index (χ0) is 12.8. The number of hydrogen-bond acceptors (Lipinski definition) is 1. The first-order chi connectivity index (χ1) is 8.04. The fourth-order valence-electron chi connectivity index (χ4n) is 1.72. The van der Waals surface area contributed by atoms with Crippen molar-refractivity contribution in [2.24, 2.45) is 5.92 Å². The second-order valence-corrected chi connectivity index (χ2v) is 4.99. The number of carbonyl (C=O) groups excluding carboxylic acids is 1. The Morgan fingerprint density at radius 3 is 2.71 bits per heavy atom. The summed E-state index contributed by atoms with van der Waals surface area (Å²) in [7, 11) is 0. The standard InChI is InChI=1S/C14H20ClNO/c1-10-4-5-13(12(3)8-10)14(17)16-9-11(2)6-7-15/h4-5,8,11H,6-7,9H2,1-3H3,(H,16,17). The number of amides is 1. The molecule has 0 radical (unpaired) electrons. The molecular formula is C14H20ClNO. The summed E-state index contributed by atoms with van der Waals surface area (Å²) in [4.78, 5) is 11.9. The van der Waals surface area contributed by atoms with Crippen LogP contribution in [0.3, 0.4) is 0 Å². The van der Waals surface area contributed by atoms with Gasteiger partial charge in [0.25, 0.3) is 5.91 Å². The Labute approximate surface area is 108 Å². The molecule has 0 spiro atoms. The molecule has 1 rings (SSSR count). The molecule has 1 N–H and O–H groups in total. The van der Waals surface area contributed by atoms with Crippen molar-refractivity contribution in [3.8, 4) is 0 Å². The van der Waals surface area contributed by atoms with E-state index in [0.717, 1.165) is 17.5 Å². The maximum absolute atomic E-state index is 11.9. The molecule has 0 fully saturated rings. The van der Waals surface area contributed by atoms with E-state index in [4.69, 9.17) is 11.6 Å². The monoisotopic (exact) mass is 253 g/mol. The second kappa shape index (κ2) is 6.65. The molecule has 17 heavy (non-hydrogen) atoms. The first-order valence-corrected chi connectivity index (χ1v) is 6.49. The summed E-state index contributed by atoms with van der Waals surface area (Å²) < 4.78 is 0. The molecule has 0 saturated heterocycles. The zero-order valence-electron chi connectivity index (χ0n) is 10.7. The van der Waals surface area contributed by atoms with E-state index in [1.807, 2.05) is 32.0 Å². The molecule has 1 aromatic carbocycles. The van der Waals surface area contributed by atoms with Crippen LogP contribution < -0.4 is 5.32 Å².